The number of anilines is 1. The summed E-state index contributed by atoms with van der Waals surface area (Å²) in [5.41, 5.74) is 3.54. The molecular formula is C12H17N5O4. The molecule has 0 aliphatic heterocycles. The Balaban J connectivity index is 3.19. The lowest BCUT2D eigenvalue weighted by Gasteiger charge is -2.22. The zero-order valence-corrected chi connectivity index (χ0v) is 12.0. The molecule has 0 atom stereocenters. The predicted octanol–water partition coefficient (Wildman–Crippen LogP) is 0.415. The minimum Gasteiger partial charge on any atom is -0.370 e. The number of nitrogens with one attached hydrogen (secondary N) is 2. The Morgan fingerprint density at radius 3 is 2.57 bits per heavy atom. The summed E-state index contributed by atoms with van der Waals surface area (Å²) in [5, 5.41) is 16.0. The van der Waals surface area contributed by atoms with Crippen LogP contribution in [-0.4, -0.2) is 33.8 Å². The average molecular weight is 295 g/mol. The highest BCUT2D eigenvalue weighted by Crippen LogP contribution is 2.19. The Hall–Kier alpha value is -2.71. The lowest BCUT2D eigenvalue weighted by Crippen LogP contribution is -2.53. The summed E-state index contributed by atoms with van der Waals surface area (Å²) in [6.07, 6.45) is 1.05. The monoisotopic (exact) mass is 295 g/mol. The molecule has 0 saturated carbocycles. The van der Waals surface area contributed by atoms with Crippen LogP contribution in [0.25, 0.3) is 0 Å². The Kier molecular flexibility index (Phi) is 4.79. The van der Waals surface area contributed by atoms with Gasteiger partial charge in [-0.05, 0) is 20.8 Å². The number of carbonyl (C=O) groups is 2. The van der Waals surface area contributed by atoms with E-state index in [0.29, 0.717) is 6.54 Å². The molecule has 0 aliphatic carbocycles. The van der Waals surface area contributed by atoms with Crippen LogP contribution >= 0.6 is 0 Å². The molecule has 1 aromatic heterocycles. The maximum absolute atomic E-state index is 12.2. The highest BCUT2D eigenvalue weighted by Gasteiger charge is 2.29. The molecule has 1 aromatic rings. The Bertz CT molecular complexity index is 585. The zero-order chi connectivity index (χ0) is 16.2. The Morgan fingerprint density at radius 2 is 2.10 bits per heavy atom. The van der Waals surface area contributed by atoms with Crippen molar-refractivity contribution in [2.24, 2.45) is 5.73 Å². The van der Waals surface area contributed by atoms with Crippen molar-refractivity contribution in [2.45, 2.75) is 26.3 Å². The molecular weight excluding hydrogens is 278 g/mol. The number of rotatable bonds is 6. The number of carbonyl (C=O) groups excluding carboxylic acids is 2. The van der Waals surface area contributed by atoms with Crippen LogP contribution in [0.15, 0.2) is 12.3 Å². The topological polar surface area (TPSA) is 140 Å². The number of primary amides is 1. The third kappa shape index (κ3) is 3.88. The summed E-state index contributed by atoms with van der Waals surface area (Å²) in [6, 6.07) is 1.09. The molecule has 9 nitrogen and oxygen atoms in total. The van der Waals surface area contributed by atoms with Gasteiger partial charge in [0, 0.05) is 12.6 Å². The minimum atomic E-state index is -1.29. The van der Waals surface area contributed by atoms with Gasteiger partial charge in [-0.2, -0.15) is 0 Å². The van der Waals surface area contributed by atoms with Gasteiger partial charge in [0.2, 0.25) is 5.91 Å². The van der Waals surface area contributed by atoms with Gasteiger partial charge < -0.3 is 16.4 Å². The van der Waals surface area contributed by atoms with Crippen molar-refractivity contribution in [3.63, 3.8) is 0 Å². The van der Waals surface area contributed by atoms with Gasteiger partial charge in [0.1, 0.15) is 17.6 Å². The van der Waals surface area contributed by atoms with E-state index in [2.05, 4.69) is 15.6 Å². The number of hydrogen-bond donors (Lipinski definition) is 3. The van der Waals surface area contributed by atoms with Crippen LogP contribution in [0.2, 0.25) is 0 Å². The molecule has 0 aliphatic rings. The van der Waals surface area contributed by atoms with Gasteiger partial charge in [-0.3, -0.25) is 19.7 Å². The fourth-order valence-electron chi connectivity index (χ4n) is 1.45. The van der Waals surface area contributed by atoms with E-state index in [1.165, 1.54) is 13.8 Å². The zero-order valence-electron chi connectivity index (χ0n) is 12.0. The van der Waals surface area contributed by atoms with Crippen LogP contribution in [0.4, 0.5) is 11.5 Å². The molecule has 9 heteroatoms. The Morgan fingerprint density at radius 1 is 1.48 bits per heavy atom. The van der Waals surface area contributed by atoms with Crippen LogP contribution in [0.5, 0.6) is 0 Å². The van der Waals surface area contributed by atoms with Crippen LogP contribution in [0, 0.1) is 10.1 Å². The van der Waals surface area contributed by atoms with Crippen molar-refractivity contribution in [3.05, 3.63) is 27.9 Å². The smallest absolute Gasteiger partial charge is 0.288 e. The van der Waals surface area contributed by atoms with E-state index in [-0.39, 0.29) is 17.1 Å². The van der Waals surface area contributed by atoms with Gasteiger partial charge in [0.25, 0.3) is 11.6 Å². The molecule has 0 unspecified atom stereocenters. The van der Waals surface area contributed by atoms with E-state index in [1.807, 2.05) is 0 Å². The molecule has 0 spiro atoms. The number of amides is 2. The first-order valence-electron chi connectivity index (χ1n) is 6.19. The quantitative estimate of drug-likeness (QED) is 0.513. The first-order chi connectivity index (χ1) is 9.69. The highest BCUT2D eigenvalue weighted by atomic mass is 16.6. The average Bonchev–Trinajstić information content (AvgIpc) is 2.38. The molecule has 1 heterocycles. The van der Waals surface area contributed by atoms with Crippen molar-refractivity contribution < 1.29 is 14.5 Å². The summed E-state index contributed by atoms with van der Waals surface area (Å²) in [4.78, 5) is 37.4. The molecule has 0 aromatic carbocycles. The summed E-state index contributed by atoms with van der Waals surface area (Å²) >= 11 is 0. The second kappa shape index (κ2) is 6.16. The molecule has 21 heavy (non-hydrogen) atoms. The Labute approximate surface area is 121 Å². The maximum atomic E-state index is 12.2. The van der Waals surface area contributed by atoms with E-state index < -0.39 is 22.3 Å². The van der Waals surface area contributed by atoms with Crippen LogP contribution < -0.4 is 16.4 Å². The number of nitrogens with zero attached hydrogens (tertiary/aromatic N) is 2. The van der Waals surface area contributed by atoms with Gasteiger partial charge >= 0.3 is 0 Å². The highest BCUT2D eigenvalue weighted by molar-refractivity contribution is 6.02. The molecule has 2 amide bonds. The normalized spacial score (nSPS) is 10.8. The second-order valence-electron chi connectivity index (χ2n) is 4.82. The van der Waals surface area contributed by atoms with E-state index in [4.69, 9.17) is 5.73 Å². The third-order valence-corrected chi connectivity index (χ3v) is 2.71. The van der Waals surface area contributed by atoms with Crippen molar-refractivity contribution >= 4 is 23.3 Å². The van der Waals surface area contributed by atoms with Gasteiger partial charge in [-0.15, -0.1) is 0 Å². The predicted molar refractivity (Wildman–Crippen MR) is 75.8 cm³/mol. The molecule has 1 rings (SSSR count). The summed E-state index contributed by atoms with van der Waals surface area (Å²) in [6.45, 7) is 5.14. The number of nitro groups is 1. The molecule has 114 valence electrons. The maximum Gasteiger partial charge on any atom is 0.288 e. The van der Waals surface area contributed by atoms with Crippen LogP contribution in [0.1, 0.15) is 31.1 Å². The third-order valence-electron chi connectivity index (χ3n) is 2.71. The molecule has 4 N–H and O–H groups in total. The van der Waals surface area contributed by atoms with Crippen molar-refractivity contribution in [2.75, 3.05) is 11.9 Å². The summed E-state index contributed by atoms with van der Waals surface area (Å²) in [5.74, 6) is -1.20. The standard InChI is InChI=1S/C12H17N5O4/c1-4-14-9-8(5-7(6-15-9)17(20)21)10(18)16-12(2,3)11(13)19/h5-6H,4H2,1-3H3,(H2,13,19)(H,14,15)(H,16,18). The summed E-state index contributed by atoms with van der Waals surface area (Å²) in [7, 11) is 0. The van der Waals surface area contributed by atoms with Crippen molar-refractivity contribution in [3.8, 4) is 0 Å². The number of nitrogens with two attached hydrogens (primary N) is 1. The molecule has 0 fully saturated rings. The number of aromatic nitrogens is 1. The van der Waals surface area contributed by atoms with E-state index in [1.54, 1.807) is 6.92 Å². The lowest BCUT2D eigenvalue weighted by molar-refractivity contribution is -0.385. The largest absolute Gasteiger partial charge is 0.370 e. The molecule has 0 saturated heterocycles. The van der Waals surface area contributed by atoms with E-state index in [9.17, 15) is 19.7 Å². The first-order valence-corrected chi connectivity index (χ1v) is 6.19. The number of hydrogen-bond acceptors (Lipinski definition) is 6. The van der Waals surface area contributed by atoms with Gasteiger partial charge in [-0.1, -0.05) is 0 Å². The van der Waals surface area contributed by atoms with Crippen molar-refractivity contribution in [1.29, 1.82) is 0 Å². The van der Waals surface area contributed by atoms with Gasteiger partial charge in [0.05, 0.1) is 10.5 Å². The van der Waals surface area contributed by atoms with Crippen LogP contribution in [-0.2, 0) is 4.79 Å². The van der Waals surface area contributed by atoms with Crippen LogP contribution in [0.3, 0.4) is 0 Å². The van der Waals surface area contributed by atoms with E-state index in [0.717, 1.165) is 12.3 Å². The molecule has 0 radical (unpaired) electrons. The summed E-state index contributed by atoms with van der Waals surface area (Å²) < 4.78 is 0. The van der Waals surface area contributed by atoms with Gasteiger partial charge in [0.15, 0.2) is 0 Å². The molecule has 0 bridgehead atoms. The SMILES string of the molecule is CCNc1ncc([N+](=O)[O-])cc1C(=O)NC(C)(C)C(N)=O. The first kappa shape index (κ1) is 16.3. The second-order valence-corrected chi connectivity index (χ2v) is 4.82. The fraction of sp³-hybridized carbons (Fsp3) is 0.417. The fourth-order valence-corrected chi connectivity index (χ4v) is 1.45. The minimum absolute atomic E-state index is 0.0274. The number of pyridine rings is 1. The van der Waals surface area contributed by atoms with Crippen molar-refractivity contribution in [1.82, 2.24) is 10.3 Å². The van der Waals surface area contributed by atoms with E-state index >= 15 is 0 Å². The lowest BCUT2D eigenvalue weighted by atomic mass is 10.0. The van der Waals surface area contributed by atoms with Gasteiger partial charge in [-0.25, -0.2) is 4.98 Å².